The molecule has 0 aliphatic carbocycles. The number of ether oxygens (including phenoxy) is 1. The summed E-state index contributed by atoms with van der Waals surface area (Å²) in [5, 5.41) is 1.15. The zero-order valence-corrected chi connectivity index (χ0v) is 9.71. The molecule has 2 rings (SSSR count). The Morgan fingerprint density at radius 1 is 1.31 bits per heavy atom. The first kappa shape index (κ1) is 11.1. The molecule has 82 valence electrons. The molecule has 0 saturated heterocycles. The highest BCUT2D eigenvalue weighted by Gasteiger charge is 2.14. The molecular weight excluding hydrogens is 251 g/mol. The summed E-state index contributed by atoms with van der Waals surface area (Å²) in [6.45, 7) is 0. The van der Waals surface area contributed by atoms with Crippen LogP contribution in [0.1, 0.15) is 10.4 Å². The molecule has 1 aromatic carbocycles. The predicted molar refractivity (Wildman–Crippen MR) is 60.9 cm³/mol. The highest BCUT2D eigenvalue weighted by molar-refractivity contribution is 6.36. The number of nitrogens with zero attached hydrogens (tertiary/aromatic N) is 2. The average Bonchev–Trinajstić information content (AvgIpc) is 2.28. The van der Waals surface area contributed by atoms with Gasteiger partial charge in [0.15, 0.2) is 0 Å². The zero-order valence-electron chi connectivity index (χ0n) is 8.20. The van der Waals surface area contributed by atoms with E-state index in [1.807, 2.05) is 0 Å². The van der Waals surface area contributed by atoms with Gasteiger partial charge in [0, 0.05) is 10.4 Å². The molecule has 2 aromatic rings. The van der Waals surface area contributed by atoms with Crippen molar-refractivity contribution in [2.24, 2.45) is 0 Å². The van der Waals surface area contributed by atoms with E-state index in [-0.39, 0.29) is 10.7 Å². The SMILES string of the molecule is COC(=O)c1cc(Cl)cc2c(Cl)ncnc12. The summed E-state index contributed by atoms with van der Waals surface area (Å²) >= 11 is 11.8. The van der Waals surface area contributed by atoms with Crippen LogP contribution in [0.2, 0.25) is 10.2 Å². The molecule has 6 heteroatoms. The lowest BCUT2D eigenvalue weighted by molar-refractivity contribution is 0.0603. The van der Waals surface area contributed by atoms with Gasteiger partial charge in [-0.1, -0.05) is 23.2 Å². The van der Waals surface area contributed by atoms with Gasteiger partial charge in [-0.25, -0.2) is 14.8 Å². The topological polar surface area (TPSA) is 52.1 Å². The van der Waals surface area contributed by atoms with E-state index in [0.29, 0.717) is 15.9 Å². The lowest BCUT2D eigenvalue weighted by Crippen LogP contribution is -2.03. The lowest BCUT2D eigenvalue weighted by Gasteiger charge is -2.05. The molecule has 0 unspecified atom stereocenters. The third-order valence-electron chi connectivity index (χ3n) is 2.06. The predicted octanol–water partition coefficient (Wildman–Crippen LogP) is 2.72. The fraction of sp³-hybridized carbons (Fsp3) is 0.100. The summed E-state index contributed by atoms with van der Waals surface area (Å²) in [5.74, 6) is -0.512. The largest absolute Gasteiger partial charge is 0.465 e. The Hall–Kier alpha value is -1.39. The number of benzene rings is 1. The summed E-state index contributed by atoms with van der Waals surface area (Å²) in [6.07, 6.45) is 1.28. The number of methoxy groups -OCH3 is 1. The number of esters is 1. The zero-order chi connectivity index (χ0) is 11.7. The van der Waals surface area contributed by atoms with Gasteiger partial charge < -0.3 is 4.74 Å². The summed E-state index contributed by atoms with van der Waals surface area (Å²) in [7, 11) is 1.29. The van der Waals surface area contributed by atoms with Crippen molar-refractivity contribution in [3.63, 3.8) is 0 Å². The van der Waals surface area contributed by atoms with Crippen LogP contribution in [0, 0.1) is 0 Å². The van der Waals surface area contributed by atoms with Crippen LogP contribution in [0.25, 0.3) is 10.9 Å². The normalized spacial score (nSPS) is 10.4. The Labute approximate surface area is 101 Å². The van der Waals surface area contributed by atoms with Gasteiger partial charge in [-0.2, -0.15) is 0 Å². The quantitative estimate of drug-likeness (QED) is 0.582. The lowest BCUT2D eigenvalue weighted by atomic mass is 10.1. The van der Waals surface area contributed by atoms with Gasteiger partial charge in [0.1, 0.15) is 11.5 Å². The second kappa shape index (κ2) is 4.23. The van der Waals surface area contributed by atoms with Gasteiger partial charge in [-0.15, -0.1) is 0 Å². The molecule has 0 radical (unpaired) electrons. The minimum absolute atomic E-state index is 0.248. The summed E-state index contributed by atoms with van der Waals surface area (Å²) in [5.41, 5.74) is 0.700. The number of aromatic nitrogens is 2. The fourth-order valence-electron chi connectivity index (χ4n) is 1.37. The standard InChI is InChI=1S/C10H6Cl2N2O2/c1-16-10(15)7-3-5(11)2-6-8(7)13-4-14-9(6)12/h2-4H,1H3. The minimum Gasteiger partial charge on any atom is -0.465 e. The van der Waals surface area contributed by atoms with Gasteiger partial charge in [0.05, 0.1) is 18.2 Å². The molecule has 0 atom stereocenters. The van der Waals surface area contributed by atoms with Crippen LogP contribution in [0.3, 0.4) is 0 Å². The van der Waals surface area contributed by atoms with Crippen molar-refractivity contribution in [1.82, 2.24) is 9.97 Å². The molecule has 0 bridgehead atoms. The van der Waals surface area contributed by atoms with E-state index >= 15 is 0 Å². The van der Waals surface area contributed by atoms with Crippen LogP contribution in [-0.4, -0.2) is 23.0 Å². The second-order valence-corrected chi connectivity index (χ2v) is 3.80. The van der Waals surface area contributed by atoms with Crippen LogP contribution < -0.4 is 0 Å². The summed E-state index contributed by atoms with van der Waals surface area (Å²) < 4.78 is 4.64. The van der Waals surface area contributed by atoms with Gasteiger partial charge in [0.25, 0.3) is 0 Å². The molecule has 0 aliphatic rings. The Morgan fingerprint density at radius 3 is 2.75 bits per heavy atom. The molecule has 1 heterocycles. The van der Waals surface area contributed by atoms with Crippen LogP contribution in [0.15, 0.2) is 18.5 Å². The molecule has 0 N–H and O–H groups in total. The second-order valence-electron chi connectivity index (χ2n) is 3.01. The van der Waals surface area contributed by atoms with E-state index in [0.717, 1.165) is 0 Å². The van der Waals surface area contributed by atoms with Crippen molar-refractivity contribution in [3.05, 3.63) is 34.2 Å². The van der Waals surface area contributed by atoms with E-state index in [9.17, 15) is 4.79 Å². The molecule has 0 amide bonds. The summed E-state index contributed by atoms with van der Waals surface area (Å²) in [4.78, 5) is 19.3. The van der Waals surface area contributed by atoms with Crippen molar-refractivity contribution in [2.75, 3.05) is 7.11 Å². The number of fused-ring (bicyclic) bond motifs is 1. The van der Waals surface area contributed by atoms with E-state index in [4.69, 9.17) is 23.2 Å². The van der Waals surface area contributed by atoms with Crippen molar-refractivity contribution in [3.8, 4) is 0 Å². The number of hydrogen-bond donors (Lipinski definition) is 0. The molecule has 1 aromatic heterocycles. The van der Waals surface area contributed by atoms with Gasteiger partial charge in [-0.3, -0.25) is 0 Å². The van der Waals surface area contributed by atoms with E-state index in [2.05, 4.69) is 14.7 Å². The highest BCUT2D eigenvalue weighted by atomic mass is 35.5. The third-order valence-corrected chi connectivity index (χ3v) is 2.58. The molecule has 4 nitrogen and oxygen atoms in total. The van der Waals surface area contributed by atoms with Crippen LogP contribution in [0.4, 0.5) is 0 Å². The van der Waals surface area contributed by atoms with Crippen molar-refractivity contribution < 1.29 is 9.53 Å². The first-order chi connectivity index (χ1) is 7.63. The van der Waals surface area contributed by atoms with E-state index < -0.39 is 5.97 Å². The first-order valence-corrected chi connectivity index (χ1v) is 5.07. The third kappa shape index (κ3) is 1.81. The molecule has 16 heavy (non-hydrogen) atoms. The molecule has 0 spiro atoms. The highest BCUT2D eigenvalue weighted by Crippen LogP contribution is 2.26. The number of carbonyl (C=O) groups is 1. The van der Waals surface area contributed by atoms with Crippen molar-refractivity contribution in [2.45, 2.75) is 0 Å². The Balaban J connectivity index is 2.83. The van der Waals surface area contributed by atoms with Gasteiger partial charge in [0.2, 0.25) is 0 Å². The Morgan fingerprint density at radius 2 is 2.06 bits per heavy atom. The maximum atomic E-state index is 11.5. The summed E-state index contributed by atoms with van der Waals surface area (Å²) in [6, 6.07) is 3.09. The van der Waals surface area contributed by atoms with E-state index in [1.165, 1.54) is 19.5 Å². The van der Waals surface area contributed by atoms with Crippen molar-refractivity contribution >= 4 is 40.1 Å². The number of hydrogen-bond acceptors (Lipinski definition) is 4. The monoisotopic (exact) mass is 256 g/mol. The van der Waals surface area contributed by atoms with Gasteiger partial charge >= 0.3 is 5.97 Å². The number of carbonyl (C=O) groups excluding carboxylic acids is 1. The smallest absolute Gasteiger partial charge is 0.340 e. The Kier molecular flexibility index (Phi) is 2.94. The minimum atomic E-state index is -0.512. The fourth-order valence-corrected chi connectivity index (χ4v) is 1.77. The molecule has 0 saturated carbocycles. The average molecular weight is 257 g/mol. The van der Waals surface area contributed by atoms with Crippen LogP contribution in [0.5, 0.6) is 0 Å². The van der Waals surface area contributed by atoms with Crippen LogP contribution in [-0.2, 0) is 4.74 Å². The maximum absolute atomic E-state index is 11.5. The molecular formula is C10H6Cl2N2O2. The van der Waals surface area contributed by atoms with Crippen molar-refractivity contribution in [1.29, 1.82) is 0 Å². The Bertz CT molecular complexity index is 572. The van der Waals surface area contributed by atoms with Gasteiger partial charge in [-0.05, 0) is 12.1 Å². The molecule has 0 fully saturated rings. The van der Waals surface area contributed by atoms with E-state index in [1.54, 1.807) is 6.07 Å². The first-order valence-electron chi connectivity index (χ1n) is 4.31. The molecule has 0 aliphatic heterocycles. The number of rotatable bonds is 1. The maximum Gasteiger partial charge on any atom is 0.340 e. The van der Waals surface area contributed by atoms with Crippen LogP contribution >= 0.6 is 23.2 Å². The number of halogens is 2.